The third-order valence-electron chi connectivity index (χ3n) is 3.51. The summed E-state index contributed by atoms with van der Waals surface area (Å²) in [6.45, 7) is 9.49. The molecule has 1 heterocycles. The van der Waals surface area contributed by atoms with Gasteiger partial charge in [-0.05, 0) is 38.3 Å². The van der Waals surface area contributed by atoms with Gasteiger partial charge in [-0.1, -0.05) is 24.3 Å². The minimum Gasteiger partial charge on any atom is -0.375 e. The van der Waals surface area contributed by atoms with E-state index in [9.17, 15) is 0 Å². The first-order chi connectivity index (χ1) is 9.12. The van der Waals surface area contributed by atoms with E-state index in [2.05, 4.69) is 43.4 Å². The van der Waals surface area contributed by atoms with Gasteiger partial charge < -0.3 is 14.8 Å². The number of benzene rings is 1. The number of ether oxygens (including phenoxy) is 2. The van der Waals surface area contributed by atoms with Crippen molar-refractivity contribution in [3.8, 4) is 0 Å². The summed E-state index contributed by atoms with van der Waals surface area (Å²) in [5.74, 6) is 0. The second-order valence-electron chi connectivity index (χ2n) is 5.63. The van der Waals surface area contributed by atoms with Crippen LogP contribution in [0.1, 0.15) is 38.0 Å². The van der Waals surface area contributed by atoms with Gasteiger partial charge in [0, 0.05) is 19.7 Å². The second-order valence-corrected chi connectivity index (χ2v) is 5.63. The molecule has 106 valence electrons. The maximum absolute atomic E-state index is 5.88. The summed E-state index contributed by atoms with van der Waals surface area (Å²) in [5.41, 5.74) is 2.63. The molecule has 0 radical (unpaired) electrons. The molecule has 1 atom stereocenters. The molecule has 3 nitrogen and oxygen atoms in total. The highest BCUT2D eigenvalue weighted by atomic mass is 16.5. The van der Waals surface area contributed by atoms with Crippen LogP contribution in [-0.4, -0.2) is 31.9 Å². The Morgan fingerprint density at radius 1 is 1.37 bits per heavy atom. The fraction of sp³-hybridized carbons (Fsp3) is 0.625. The second kappa shape index (κ2) is 6.51. The van der Waals surface area contributed by atoms with Gasteiger partial charge in [0.05, 0.1) is 18.3 Å². The number of hydrogen-bond acceptors (Lipinski definition) is 3. The van der Waals surface area contributed by atoms with Gasteiger partial charge in [-0.3, -0.25) is 0 Å². The number of hydrogen-bond donors (Lipinski definition) is 1. The molecule has 2 rings (SSSR count). The van der Waals surface area contributed by atoms with Crippen LogP contribution >= 0.6 is 0 Å². The monoisotopic (exact) mass is 263 g/mol. The van der Waals surface area contributed by atoms with Gasteiger partial charge in [0.15, 0.2) is 0 Å². The summed E-state index contributed by atoms with van der Waals surface area (Å²) < 4.78 is 11.6. The van der Waals surface area contributed by atoms with Crippen LogP contribution < -0.4 is 5.32 Å². The molecule has 0 saturated carbocycles. The van der Waals surface area contributed by atoms with Crippen molar-refractivity contribution in [2.24, 2.45) is 0 Å². The van der Waals surface area contributed by atoms with E-state index in [-0.39, 0.29) is 11.7 Å². The maximum atomic E-state index is 5.88. The molecule has 1 aromatic carbocycles. The third-order valence-corrected chi connectivity index (χ3v) is 3.51. The van der Waals surface area contributed by atoms with Crippen molar-refractivity contribution in [2.75, 3.05) is 26.3 Å². The highest BCUT2D eigenvalue weighted by Gasteiger charge is 2.22. The molecule has 1 aliphatic rings. The molecule has 0 saturated heterocycles. The Labute approximate surface area is 116 Å². The molecule has 0 aromatic heterocycles. The predicted octanol–water partition coefficient (Wildman–Crippen LogP) is 2.71. The van der Waals surface area contributed by atoms with E-state index in [1.165, 1.54) is 11.1 Å². The van der Waals surface area contributed by atoms with Gasteiger partial charge in [0.2, 0.25) is 0 Å². The van der Waals surface area contributed by atoms with Crippen LogP contribution in [0, 0.1) is 0 Å². The fourth-order valence-corrected chi connectivity index (χ4v) is 2.59. The Balaban J connectivity index is 1.88. The standard InChI is InChI=1S/C16H25NO2/c1-4-19-16(2,3)12-17-11-15-14-8-6-5-7-13(14)9-10-18-15/h5-8,15,17H,4,9-12H2,1-3H3. The van der Waals surface area contributed by atoms with Crippen LogP contribution in [0.3, 0.4) is 0 Å². The largest absolute Gasteiger partial charge is 0.375 e. The molecule has 1 aliphatic heterocycles. The SMILES string of the molecule is CCOC(C)(C)CNCC1OCCc2ccccc21. The summed E-state index contributed by atoms with van der Waals surface area (Å²) in [6, 6.07) is 8.57. The normalized spacial score (nSPS) is 19.2. The van der Waals surface area contributed by atoms with Gasteiger partial charge in [-0.15, -0.1) is 0 Å². The van der Waals surface area contributed by atoms with Gasteiger partial charge in [-0.25, -0.2) is 0 Å². The summed E-state index contributed by atoms with van der Waals surface area (Å²) in [4.78, 5) is 0. The third kappa shape index (κ3) is 4.03. The lowest BCUT2D eigenvalue weighted by Crippen LogP contribution is -2.40. The average molecular weight is 263 g/mol. The smallest absolute Gasteiger partial charge is 0.0952 e. The minimum atomic E-state index is -0.122. The van der Waals surface area contributed by atoms with Crippen molar-refractivity contribution in [1.82, 2.24) is 5.32 Å². The Hall–Kier alpha value is -0.900. The number of rotatable bonds is 6. The molecule has 0 fully saturated rings. The van der Waals surface area contributed by atoms with Gasteiger partial charge in [0.25, 0.3) is 0 Å². The Morgan fingerprint density at radius 3 is 2.95 bits per heavy atom. The minimum absolute atomic E-state index is 0.122. The Kier molecular flexibility index (Phi) is 4.97. The highest BCUT2D eigenvalue weighted by Crippen LogP contribution is 2.26. The molecule has 1 unspecified atom stereocenters. The zero-order valence-corrected chi connectivity index (χ0v) is 12.2. The molecule has 0 spiro atoms. The van der Waals surface area contributed by atoms with Crippen LogP contribution in [0.15, 0.2) is 24.3 Å². The lowest BCUT2D eigenvalue weighted by atomic mass is 9.97. The lowest BCUT2D eigenvalue weighted by molar-refractivity contribution is -0.0141. The summed E-state index contributed by atoms with van der Waals surface area (Å²) >= 11 is 0. The molecule has 1 N–H and O–H groups in total. The Morgan fingerprint density at radius 2 is 2.16 bits per heavy atom. The summed E-state index contributed by atoms with van der Waals surface area (Å²) in [5, 5.41) is 3.47. The quantitative estimate of drug-likeness (QED) is 0.856. The molecule has 0 amide bonds. The van der Waals surface area contributed by atoms with Crippen molar-refractivity contribution in [3.05, 3.63) is 35.4 Å². The molecule has 0 bridgehead atoms. The maximum Gasteiger partial charge on any atom is 0.0952 e. The summed E-state index contributed by atoms with van der Waals surface area (Å²) in [6.07, 6.45) is 1.19. The summed E-state index contributed by atoms with van der Waals surface area (Å²) in [7, 11) is 0. The van der Waals surface area contributed by atoms with E-state index < -0.39 is 0 Å². The van der Waals surface area contributed by atoms with Crippen LogP contribution in [-0.2, 0) is 15.9 Å². The van der Waals surface area contributed by atoms with E-state index in [1.54, 1.807) is 0 Å². The zero-order chi connectivity index (χ0) is 13.7. The lowest BCUT2D eigenvalue weighted by Gasteiger charge is -2.29. The zero-order valence-electron chi connectivity index (χ0n) is 12.2. The van der Waals surface area contributed by atoms with Crippen LogP contribution in [0.25, 0.3) is 0 Å². The van der Waals surface area contributed by atoms with E-state index in [0.29, 0.717) is 0 Å². The first kappa shape index (κ1) is 14.5. The molecule has 1 aromatic rings. The Bertz CT molecular complexity index is 403. The first-order valence-corrected chi connectivity index (χ1v) is 7.16. The van der Waals surface area contributed by atoms with Crippen molar-refractivity contribution in [1.29, 1.82) is 0 Å². The van der Waals surface area contributed by atoms with Crippen LogP contribution in [0.4, 0.5) is 0 Å². The number of nitrogens with one attached hydrogen (secondary N) is 1. The van der Waals surface area contributed by atoms with E-state index in [4.69, 9.17) is 9.47 Å². The molecule has 3 heteroatoms. The van der Waals surface area contributed by atoms with Crippen LogP contribution in [0.2, 0.25) is 0 Å². The van der Waals surface area contributed by atoms with Gasteiger partial charge >= 0.3 is 0 Å². The molecule has 19 heavy (non-hydrogen) atoms. The van der Waals surface area contributed by atoms with Crippen molar-refractivity contribution >= 4 is 0 Å². The topological polar surface area (TPSA) is 30.5 Å². The van der Waals surface area contributed by atoms with Gasteiger partial charge in [-0.2, -0.15) is 0 Å². The average Bonchev–Trinajstić information content (AvgIpc) is 2.39. The van der Waals surface area contributed by atoms with Crippen molar-refractivity contribution < 1.29 is 9.47 Å². The number of fused-ring (bicyclic) bond motifs is 1. The van der Waals surface area contributed by atoms with E-state index in [1.807, 2.05) is 6.92 Å². The predicted molar refractivity (Wildman–Crippen MR) is 77.4 cm³/mol. The molecular formula is C16H25NO2. The van der Waals surface area contributed by atoms with E-state index in [0.717, 1.165) is 32.7 Å². The first-order valence-electron chi connectivity index (χ1n) is 7.16. The van der Waals surface area contributed by atoms with Crippen molar-refractivity contribution in [2.45, 2.75) is 38.9 Å². The van der Waals surface area contributed by atoms with E-state index >= 15 is 0 Å². The highest BCUT2D eigenvalue weighted by molar-refractivity contribution is 5.31. The van der Waals surface area contributed by atoms with Crippen LogP contribution in [0.5, 0.6) is 0 Å². The molecular weight excluding hydrogens is 238 g/mol. The van der Waals surface area contributed by atoms with Crippen molar-refractivity contribution in [3.63, 3.8) is 0 Å². The van der Waals surface area contributed by atoms with Gasteiger partial charge in [0.1, 0.15) is 0 Å². The molecule has 0 aliphatic carbocycles. The fourth-order valence-electron chi connectivity index (χ4n) is 2.59.